The van der Waals surface area contributed by atoms with Crippen LogP contribution in [-0.2, 0) is 22.8 Å². The molecule has 0 aliphatic carbocycles. The average Bonchev–Trinajstić information content (AvgIpc) is 3.20. The van der Waals surface area contributed by atoms with Crippen LogP contribution in [0.5, 0.6) is 11.5 Å². The first kappa shape index (κ1) is 23.4. The fraction of sp³-hybridized carbons (Fsp3) is 0.125. The number of nitrogens with two attached hydrogens (primary N) is 2. The van der Waals surface area contributed by atoms with Crippen molar-refractivity contribution in [1.29, 1.82) is 0 Å². The maximum Gasteiger partial charge on any atom is 0.186 e. The summed E-state index contributed by atoms with van der Waals surface area (Å²) >= 11 is 5.60. The molecule has 4 aromatic rings. The van der Waals surface area contributed by atoms with Crippen LogP contribution in [0.1, 0.15) is 17.0 Å². The molecule has 0 aliphatic rings. The number of nitrogens with one attached hydrogen (secondary N) is 1. The molecule has 10 heteroatoms. The summed E-state index contributed by atoms with van der Waals surface area (Å²) in [7, 11) is -3.55. The van der Waals surface area contributed by atoms with Gasteiger partial charge in [0.05, 0.1) is 17.6 Å². The minimum atomic E-state index is -3.55. The third-order valence-corrected chi connectivity index (χ3v) is 6.52. The van der Waals surface area contributed by atoms with Gasteiger partial charge in [-0.3, -0.25) is 0 Å². The van der Waals surface area contributed by atoms with Gasteiger partial charge in [-0.2, -0.15) is 0 Å². The molecule has 0 amide bonds. The number of rotatable bonds is 8. The van der Waals surface area contributed by atoms with Crippen LogP contribution in [-0.4, -0.2) is 35.5 Å². The van der Waals surface area contributed by atoms with E-state index < -0.39 is 9.84 Å². The van der Waals surface area contributed by atoms with E-state index in [-0.39, 0.29) is 23.1 Å². The summed E-state index contributed by atoms with van der Waals surface area (Å²) in [5.74, 6) is 1.43. The SMILES string of the molecule is CS(=O)(=O)c1cc(CN=C(N)N)ccc1Oc1ccc(C(=S)Cc2nc3ccccc3[nH]2)cc1. The molecule has 0 fully saturated rings. The van der Waals surface area contributed by atoms with Gasteiger partial charge in [0.15, 0.2) is 15.8 Å². The van der Waals surface area contributed by atoms with E-state index in [1.807, 2.05) is 36.4 Å². The Morgan fingerprint density at radius 3 is 2.50 bits per heavy atom. The molecule has 3 aromatic carbocycles. The van der Waals surface area contributed by atoms with Crippen molar-refractivity contribution in [2.24, 2.45) is 16.5 Å². The molecule has 0 unspecified atom stereocenters. The second-order valence-corrected chi connectivity index (χ2v) is 10.2. The first-order chi connectivity index (χ1) is 16.2. The topological polar surface area (TPSA) is 136 Å². The molecule has 0 bridgehead atoms. The van der Waals surface area contributed by atoms with Gasteiger partial charge < -0.3 is 21.2 Å². The summed E-state index contributed by atoms with van der Waals surface area (Å²) in [4.78, 5) is 12.5. The van der Waals surface area contributed by atoms with E-state index in [2.05, 4.69) is 15.0 Å². The van der Waals surface area contributed by atoms with Crippen molar-refractivity contribution in [2.75, 3.05) is 6.26 Å². The largest absolute Gasteiger partial charge is 0.456 e. The molecule has 0 saturated heterocycles. The third-order valence-electron chi connectivity index (χ3n) is 5.02. The van der Waals surface area contributed by atoms with Crippen molar-refractivity contribution < 1.29 is 13.2 Å². The number of ether oxygens (including phenoxy) is 1. The molecule has 1 aromatic heterocycles. The van der Waals surface area contributed by atoms with Crippen molar-refractivity contribution >= 4 is 43.9 Å². The lowest BCUT2D eigenvalue weighted by Gasteiger charge is -2.12. The quantitative estimate of drug-likeness (QED) is 0.148. The second-order valence-electron chi connectivity index (χ2n) is 7.72. The van der Waals surface area contributed by atoms with Crippen LogP contribution in [0, 0.1) is 0 Å². The number of benzene rings is 3. The Balaban J connectivity index is 1.50. The third kappa shape index (κ3) is 5.59. The van der Waals surface area contributed by atoms with Crippen LogP contribution in [0.15, 0.2) is 76.6 Å². The maximum atomic E-state index is 12.3. The zero-order valence-corrected chi connectivity index (χ0v) is 20.0. The molecule has 0 aliphatic heterocycles. The van der Waals surface area contributed by atoms with Crippen molar-refractivity contribution in [1.82, 2.24) is 9.97 Å². The molecule has 34 heavy (non-hydrogen) atoms. The van der Waals surface area contributed by atoms with Gasteiger partial charge in [-0.05, 0) is 47.5 Å². The Bertz CT molecular complexity index is 1460. The lowest BCUT2D eigenvalue weighted by molar-refractivity contribution is 0.467. The molecule has 0 radical (unpaired) electrons. The summed E-state index contributed by atoms with van der Waals surface area (Å²) in [5, 5.41) is 0. The van der Waals surface area contributed by atoms with Gasteiger partial charge in [0.2, 0.25) is 0 Å². The molecule has 0 spiro atoms. The highest BCUT2D eigenvalue weighted by molar-refractivity contribution is 7.90. The summed E-state index contributed by atoms with van der Waals surface area (Å²) in [6.07, 6.45) is 1.62. The predicted molar refractivity (Wildman–Crippen MR) is 137 cm³/mol. The number of fused-ring (bicyclic) bond motifs is 1. The molecule has 0 saturated carbocycles. The second kappa shape index (κ2) is 9.62. The number of thiocarbonyl (C=S) groups is 1. The van der Waals surface area contributed by atoms with E-state index in [0.29, 0.717) is 17.7 Å². The Morgan fingerprint density at radius 2 is 1.82 bits per heavy atom. The van der Waals surface area contributed by atoms with E-state index in [0.717, 1.165) is 33.5 Å². The Morgan fingerprint density at radius 1 is 1.09 bits per heavy atom. The monoisotopic (exact) mass is 493 g/mol. The Labute approximate surface area is 202 Å². The van der Waals surface area contributed by atoms with Gasteiger partial charge in [-0.1, -0.05) is 42.5 Å². The van der Waals surface area contributed by atoms with Crippen LogP contribution < -0.4 is 16.2 Å². The summed E-state index contributed by atoms with van der Waals surface area (Å²) in [6.45, 7) is 0.169. The standard InChI is InChI=1S/C24H23N5O3S2/c1-34(30,31)22-12-15(14-27-24(25)26)6-11-20(22)32-17-9-7-16(8-10-17)21(33)13-23-28-18-4-2-3-5-19(18)29-23/h2-12H,13-14H2,1H3,(H,28,29)(H4,25,26,27). The van der Waals surface area contributed by atoms with Crippen molar-refractivity contribution in [3.05, 3.63) is 83.7 Å². The number of imidazole rings is 1. The number of nitrogens with zero attached hydrogens (tertiary/aromatic N) is 2. The van der Waals surface area contributed by atoms with Crippen LogP contribution in [0.4, 0.5) is 0 Å². The Hall–Kier alpha value is -3.76. The van der Waals surface area contributed by atoms with E-state index in [1.54, 1.807) is 24.3 Å². The molecule has 174 valence electrons. The first-order valence-corrected chi connectivity index (χ1v) is 12.6. The van der Waals surface area contributed by atoms with Crippen molar-refractivity contribution in [3.8, 4) is 11.5 Å². The molecular formula is C24H23N5O3S2. The number of aromatic nitrogens is 2. The molecule has 4 rings (SSSR count). The molecule has 5 N–H and O–H groups in total. The van der Waals surface area contributed by atoms with Crippen LogP contribution in [0.25, 0.3) is 11.0 Å². The van der Waals surface area contributed by atoms with Gasteiger partial charge in [-0.25, -0.2) is 18.4 Å². The zero-order valence-electron chi connectivity index (χ0n) is 18.4. The number of aliphatic imine (C=N–C) groups is 1. The van der Waals surface area contributed by atoms with Gasteiger partial charge >= 0.3 is 0 Å². The van der Waals surface area contributed by atoms with Gasteiger partial charge in [0, 0.05) is 17.5 Å². The lowest BCUT2D eigenvalue weighted by Crippen LogP contribution is -2.22. The Kier molecular flexibility index (Phi) is 6.62. The summed E-state index contributed by atoms with van der Waals surface area (Å²) < 4.78 is 30.5. The number of sulfone groups is 1. The first-order valence-electron chi connectivity index (χ1n) is 10.3. The van der Waals surface area contributed by atoms with Gasteiger partial charge in [0.1, 0.15) is 22.2 Å². The normalized spacial score (nSPS) is 11.3. The minimum absolute atomic E-state index is 0.0558. The number of H-pyrrole nitrogens is 1. The summed E-state index contributed by atoms with van der Waals surface area (Å²) in [6, 6.07) is 19.8. The van der Waals surface area contributed by atoms with Crippen molar-refractivity contribution in [2.45, 2.75) is 17.9 Å². The highest BCUT2D eigenvalue weighted by Gasteiger charge is 2.17. The van der Waals surface area contributed by atoms with E-state index in [4.69, 9.17) is 28.4 Å². The van der Waals surface area contributed by atoms with Crippen LogP contribution in [0.3, 0.4) is 0 Å². The fourth-order valence-corrected chi connectivity index (χ4v) is 4.50. The van der Waals surface area contributed by atoms with E-state index in [1.165, 1.54) is 6.07 Å². The van der Waals surface area contributed by atoms with E-state index >= 15 is 0 Å². The molecule has 1 heterocycles. The number of aromatic amines is 1. The van der Waals surface area contributed by atoms with Crippen LogP contribution >= 0.6 is 12.2 Å². The number of para-hydroxylation sites is 2. The minimum Gasteiger partial charge on any atom is -0.456 e. The van der Waals surface area contributed by atoms with E-state index in [9.17, 15) is 8.42 Å². The van der Waals surface area contributed by atoms with Gasteiger partial charge in [0.25, 0.3) is 0 Å². The number of hydrogen-bond acceptors (Lipinski definition) is 6. The highest BCUT2D eigenvalue weighted by atomic mass is 32.2. The maximum absolute atomic E-state index is 12.3. The van der Waals surface area contributed by atoms with Gasteiger partial charge in [-0.15, -0.1) is 0 Å². The summed E-state index contributed by atoms with van der Waals surface area (Å²) in [5.41, 5.74) is 14.1. The number of guanidine groups is 1. The highest BCUT2D eigenvalue weighted by Crippen LogP contribution is 2.30. The lowest BCUT2D eigenvalue weighted by atomic mass is 10.1. The zero-order chi connectivity index (χ0) is 24.3. The average molecular weight is 494 g/mol. The number of hydrogen-bond donors (Lipinski definition) is 3. The van der Waals surface area contributed by atoms with Crippen LogP contribution in [0.2, 0.25) is 0 Å². The molecule has 8 nitrogen and oxygen atoms in total. The van der Waals surface area contributed by atoms with Crippen molar-refractivity contribution in [3.63, 3.8) is 0 Å². The molecule has 0 atom stereocenters. The molecular weight excluding hydrogens is 470 g/mol. The predicted octanol–water partition coefficient (Wildman–Crippen LogP) is 3.49. The smallest absolute Gasteiger partial charge is 0.186 e. The fourth-order valence-electron chi connectivity index (χ4n) is 3.39.